The highest BCUT2D eigenvalue weighted by Crippen LogP contribution is 2.11. The summed E-state index contributed by atoms with van der Waals surface area (Å²) in [4.78, 5) is 10.8. The Labute approximate surface area is 95.9 Å². The van der Waals surface area contributed by atoms with E-state index in [4.69, 9.17) is 0 Å². The maximum absolute atomic E-state index is 11.6. The number of hydrogen-bond donors (Lipinski definition) is 1. The SMILES string of the molecule is COC(=O)CCS(=O)(=O)C1CCNC1.Cl. The first-order chi connectivity index (χ1) is 6.56. The summed E-state index contributed by atoms with van der Waals surface area (Å²) in [5.41, 5.74) is 0. The lowest BCUT2D eigenvalue weighted by Crippen LogP contribution is -2.27. The van der Waals surface area contributed by atoms with Gasteiger partial charge in [-0.05, 0) is 13.0 Å². The highest BCUT2D eigenvalue weighted by Gasteiger charge is 2.28. The Morgan fingerprint density at radius 2 is 2.20 bits per heavy atom. The fourth-order valence-corrected chi connectivity index (χ4v) is 3.06. The fraction of sp³-hybridized carbons (Fsp3) is 0.875. The van der Waals surface area contributed by atoms with Crippen LogP contribution in [0.25, 0.3) is 0 Å². The second-order valence-electron chi connectivity index (χ2n) is 3.31. The number of halogens is 1. The molecular weight excluding hydrogens is 242 g/mol. The molecule has 1 unspecified atom stereocenters. The molecule has 1 saturated heterocycles. The van der Waals surface area contributed by atoms with Crippen molar-refractivity contribution in [3.63, 3.8) is 0 Å². The van der Waals surface area contributed by atoms with Gasteiger partial charge in [0, 0.05) is 6.54 Å². The third-order valence-corrected chi connectivity index (χ3v) is 4.53. The van der Waals surface area contributed by atoms with Crippen LogP contribution in [0.15, 0.2) is 0 Å². The first-order valence-electron chi connectivity index (χ1n) is 4.55. The molecule has 1 rings (SSSR count). The fourth-order valence-electron chi connectivity index (χ4n) is 1.43. The number of nitrogens with one attached hydrogen (secondary N) is 1. The molecule has 1 heterocycles. The number of ether oxygens (including phenoxy) is 1. The molecule has 5 nitrogen and oxygen atoms in total. The minimum atomic E-state index is -3.13. The Morgan fingerprint density at radius 1 is 1.53 bits per heavy atom. The molecule has 0 radical (unpaired) electrons. The van der Waals surface area contributed by atoms with Gasteiger partial charge in [-0.1, -0.05) is 0 Å². The Balaban J connectivity index is 0.00000196. The molecule has 0 aromatic rings. The Kier molecular flexibility index (Phi) is 6.16. The number of esters is 1. The van der Waals surface area contributed by atoms with E-state index in [0.29, 0.717) is 13.0 Å². The van der Waals surface area contributed by atoms with Crippen molar-refractivity contribution in [3.8, 4) is 0 Å². The quantitative estimate of drug-likeness (QED) is 0.703. The van der Waals surface area contributed by atoms with E-state index in [0.717, 1.165) is 6.54 Å². The second kappa shape index (κ2) is 6.30. The summed E-state index contributed by atoms with van der Waals surface area (Å²) in [5, 5.41) is 2.66. The topological polar surface area (TPSA) is 72.5 Å². The molecule has 1 N–H and O–H groups in total. The lowest BCUT2D eigenvalue weighted by molar-refractivity contribution is -0.140. The van der Waals surface area contributed by atoms with E-state index in [1.807, 2.05) is 0 Å². The van der Waals surface area contributed by atoms with E-state index in [-0.39, 0.29) is 29.8 Å². The van der Waals surface area contributed by atoms with E-state index < -0.39 is 15.8 Å². The maximum Gasteiger partial charge on any atom is 0.306 e. The lowest BCUT2D eigenvalue weighted by atomic mass is 10.4. The molecule has 0 amide bonds. The molecule has 1 aliphatic heterocycles. The van der Waals surface area contributed by atoms with Gasteiger partial charge in [0.1, 0.15) is 0 Å². The predicted octanol–water partition coefficient (Wildman–Crippen LogP) is -0.252. The average molecular weight is 258 g/mol. The zero-order chi connectivity index (χ0) is 10.6. The number of carbonyl (C=O) groups excluding carboxylic acids is 1. The van der Waals surface area contributed by atoms with Crippen LogP contribution in [0.4, 0.5) is 0 Å². The van der Waals surface area contributed by atoms with Crippen molar-refractivity contribution in [2.45, 2.75) is 18.1 Å². The first kappa shape index (κ1) is 14.7. The standard InChI is InChI=1S/C8H15NO4S.ClH/c1-13-8(10)3-5-14(11,12)7-2-4-9-6-7;/h7,9H,2-6H2,1H3;1H. The second-order valence-corrected chi connectivity index (χ2v) is 5.71. The molecule has 1 atom stereocenters. The van der Waals surface area contributed by atoms with Crippen molar-refractivity contribution in [1.82, 2.24) is 5.32 Å². The van der Waals surface area contributed by atoms with Gasteiger partial charge in [-0.25, -0.2) is 8.42 Å². The zero-order valence-corrected chi connectivity index (χ0v) is 10.2. The van der Waals surface area contributed by atoms with Crippen LogP contribution >= 0.6 is 12.4 Å². The number of methoxy groups -OCH3 is 1. The summed E-state index contributed by atoms with van der Waals surface area (Å²) >= 11 is 0. The van der Waals surface area contributed by atoms with Crippen LogP contribution in [0, 0.1) is 0 Å². The van der Waals surface area contributed by atoms with E-state index in [2.05, 4.69) is 10.1 Å². The van der Waals surface area contributed by atoms with Gasteiger partial charge in [-0.15, -0.1) is 12.4 Å². The molecule has 1 fully saturated rings. The first-order valence-corrected chi connectivity index (χ1v) is 6.27. The summed E-state index contributed by atoms with van der Waals surface area (Å²) in [6, 6.07) is 0. The van der Waals surface area contributed by atoms with Crippen LogP contribution in [-0.2, 0) is 19.4 Å². The van der Waals surface area contributed by atoms with Crippen LogP contribution in [0.1, 0.15) is 12.8 Å². The van der Waals surface area contributed by atoms with Crippen LogP contribution in [0.5, 0.6) is 0 Å². The molecule has 90 valence electrons. The van der Waals surface area contributed by atoms with E-state index in [1.54, 1.807) is 0 Å². The Morgan fingerprint density at radius 3 is 2.67 bits per heavy atom. The normalized spacial score (nSPS) is 20.7. The molecule has 0 saturated carbocycles. The highest BCUT2D eigenvalue weighted by atomic mass is 35.5. The minimum absolute atomic E-state index is 0. The molecular formula is C8H16ClNO4S. The molecule has 0 spiro atoms. The monoisotopic (exact) mass is 257 g/mol. The van der Waals surface area contributed by atoms with E-state index in [1.165, 1.54) is 7.11 Å². The maximum atomic E-state index is 11.6. The van der Waals surface area contributed by atoms with Crippen LogP contribution in [-0.4, -0.2) is 45.6 Å². The molecule has 7 heteroatoms. The number of sulfone groups is 1. The third kappa shape index (κ3) is 4.36. The number of rotatable bonds is 4. The molecule has 0 aliphatic carbocycles. The van der Waals surface area contributed by atoms with Crippen molar-refractivity contribution in [2.75, 3.05) is 26.0 Å². The van der Waals surface area contributed by atoms with Crippen molar-refractivity contribution in [2.24, 2.45) is 0 Å². The molecule has 1 aliphatic rings. The third-order valence-electron chi connectivity index (χ3n) is 2.34. The molecule has 15 heavy (non-hydrogen) atoms. The smallest absolute Gasteiger partial charge is 0.306 e. The summed E-state index contributed by atoms with van der Waals surface area (Å²) in [6.07, 6.45) is 0.596. The average Bonchev–Trinajstić information content (AvgIpc) is 2.67. The van der Waals surface area contributed by atoms with E-state index in [9.17, 15) is 13.2 Å². The lowest BCUT2D eigenvalue weighted by Gasteiger charge is -2.09. The van der Waals surface area contributed by atoms with Gasteiger partial charge in [0.25, 0.3) is 0 Å². The summed E-state index contributed by atoms with van der Waals surface area (Å²) in [6.45, 7) is 1.24. The van der Waals surface area contributed by atoms with Crippen LogP contribution < -0.4 is 5.32 Å². The van der Waals surface area contributed by atoms with Crippen molar-refractivity contribution >= 4 is 28.2 Å². The van der Waals surface area contributed by atoms with Crippen LogP contribution in [0.2, 0.25) is 0 Å². The largest absolute Gasteiger partial charge is 0.469 e. The summed E-state index contributed by atoms with van der Waals surface area (Å²) in [7, 11) is -1.87. The molecule has 0 aromatic heterocycles. The molecule has 0 aromatic carbocycles. The predicted molar refractivity (Wildman–Crippen MR) is 58.9 cm³/mol. The van der Waals surface area contributed by atoms with Gasteiger partial charge < -0.3 is 10.1 Å². The number of carbonyl (C=O) groups is 1. The van der Waals surface area contributed by atoms with Crippen molar-refractivity contribution < 1.29 is 17.9 Å². The minimum Gasteiger partial charge on any atom is -0.469 e. The Hall–Kier alpha value is -0.330. The summed E-state index contributed by atoms with van der Waals surface area (Å²) < 4.78 is 27.6. The van der Waals surface area contributed by atoms with Gasteiger partial charge in [-0.2, -0.15) is 0 Å². The zero-order valence-electron chi connectivity index (χ0n) is 8.56. The van der Waals surface area contributed by atoms with Gasteiger partial charge in [0.05, 0.1) is 24.5 Å². The number of hydrogen-bond acceptors (Lipinski definition) is 5. The van der Waals surface area contributed by atoms with Gasteiger partial charge in [-0.3, -0.25) is 4.79 Å². The Bertz CT molecular complexity index is 298. The van der Waals surface area contributed by atoms with Gasteiger partial charge >= 0.3 is 5.97 Å². The van der Waals surface area contributed by atoms with Crippen molar-refractivity contribution in [1.29, 1.82) is 0 Å². The van der Waals surface area contributed by atoms with E-state index >= 15 is 0 Å². The molecule has 0 bridgehead atoms. The summed E-state index contributed by atoms with van der Waals surface area (Å²) in [5.74, 6) is -0.578. The van der Waals surface area contributed by atoms with Crippen LogP contribution in [0.3, 0.4) is 0 Å². The van der Waals surface area contributed by atoms with Gasteiger partial charge in [0.15, 0.2) is 9.84 Å². The highest BCUT2D eigenvalue weighted by molar-refractivity contribution is 7.92. The van der Waals surface area contributed by atoms with Crippen molar-refractivity contribution in [3.05, 3.63) is 0 Å². The van der Waals surface area contributed by atoms with Gasteiger partial charge in [0.2, 0.25) is 0 Å².